The van der Waals surface area contributed by atoms with Crippen LogP contribution in [0.2, 0.25) is 0 Å². The van der Waals surface area contributed by atoms with Crippen molar-refractivity contribution < 1.29 is 19.8 Å². The average Bonchev–Trinajstić information content (AvgIpc) is 2.15. The van der Waals surface area contributed by atoms with Crippen molar-refractivity contribution in [1.82, 2.24) is 4.90 Å². The molecule has 9 heteroatoms. The SMILES string of the molecule is CN(C)C(=N)N=C(N)N.O=C([O-])CCCC(=O)[O-]. The maximum atomic E-state index is 9.66. The molecule has 0 saturated heterocycles. The Kier molecular flexibility index (Phi) is 9.91. The summed E-state index contributed by atoms with van der Waals surface area (Å²) in [6.45, 7) is 0. The molecule has 0 aliphatic carbocycles. The second-order valence-electron chi connectivity index (χ2n) is 3.35. The number of rotatable bonds is 4. The van der Waals surface area contributed by atoms with Crippen LogP contribution in [0.15, 0.2) is 4.99 Å². The Morgan fingerprint density at radius 3 is 1.72 bits per heavy atom. The summed E-state index contributed by atoms with van der Waals surface area (Å²) >= 11 is 0. The summed E-state index contributed by atoms with van der Waals surface area (Å²) < 4.78 is 0. The van der Waals surface area contributed by atoms with E-state index in [4.69, 9.17) is 16.9 Å². The molecule has 9 nitrogen and oxygen atoms in total. The van der Waals surface area contributed by atoms with Crippen LogP contribution < -0.4 is 21.7 Å². The Morgan fingerprint density at radius 1 is 1.17 bits per heavy atom. The van der Waals surface area contributed by atoms with Gasteiger partial charge in [0.05, 0.1) is 0 Å². The van der Waals surface area contributed by atoms with Crippen molar-refractivity contribution in [3.8, 4) is 0 Å². The Bertz CT molecular complexity index is 309. The fourth-order valence-electron chi connectivity index (χ4n) is 0.599. The lowest BCUT2D eigenvalue weighted by Crippen LogP contribution is -2.28. The van der Waals surface area contributed by atoms with E-state index in [1.807, 2.05) is 0 Å². The lowest BCUT2D eigenvalue weighted by atomic mass is 10.2. The van der Waals surface area contributed by atoms with Gasteiger partial charge in [0.25, 0.3) is 0 Å². The molecule has 0 bridgehead atoms. The molecular weight excluding hydrogens is 242 g/mol. The molecular formula is C9H17N5O4-2. The maximum Gasteiger partial charge on any atom is 0.220 e. The predicted molar refractivity (Wildman–Crippen MR) is 61.1 cm³/mol. The van der Waals surface area contributed by atoms with Crippen LogP contribution in [0.3, 0.4) is 0 Å². The molecule has 0 aromatic heterocycles. The van der Waals surface area contributed by atoms with Gasteiger partial charge in [-0.3, -0.25) is 5.41 Å². The van der Waals surface area contributed by atoms with E-state index in [-0.39, 0.29) is 31.2 Å². The number of hydrogen-bond donors (Lipinski definition) is 3. The molecule has 0 aliphatic rings. The van der Waals surface area contributed by atoms with E-state index in [0.717, 1.165) is 0 Å². The molecule has 5 N–H and O–H groups in total. The zero-order valence-corrected chi connectivity index (χ0v) is 10.3. The van der Waals surface area contributed by atoms with Gasteiger partial charge in [-0.05, 0) is 19.3 Å². The second-order valence-corrected chi connectivity index (χ2v) is 3.35. The van der Waals surface area contributed by atoms with Crippen LogP contribution in [-0.2, 0) is 9.59 Å². The van der Waals surface area contributed by atoms with Gasteiger partial charge in [-0.25, -0.2) is 0 Å². The first-order valence-electron chi connectivity index (χ1n) is 4.92. The fourth-order valence-corrected chi connectivity index (χ4v) is 0.599. The summed E-state index contributed by atoms with van der Waals surface area (Å²) in [4.78, 5) is 24.3. The van der Waals surface area contributed by atoms with Crippen LogP contribution in [0, 0.1) is 5.41 Å². The summed E-state index contributed by atoms with van der Waals surface area (Å²) in [5, 5.41) is 26.4. The molecule has 0 aromatic carbocycles. The van der Waals surface area contributed by atoms with Gasteiger partial charge in [0.1, 0.15) is 0 Å². The van der Waals surface area contributed by atoms with E-state index in [0.29, 0.717) is 0 Å². The summed E-state index contributed by atoms with van der Waals surface area (Å²) in [6, 6.07) is 0. The first kappa shape index (κ1) is 18.1. The molecule has 0 atom stereocenters. The summed E-state index contributed by atoms with van der Waals surface area (Å²) in [5.41, 5.74) is 9.98. The number of aliphatic carboxylic acids is 2. The molecule has 104 valence electrons. The minimum atomic E-state index is -1.23. The largest absolute Gasteiger partial charge is 0.550 e. The number of hydrogen-bond acceptors (Lipinski definition) is 5. The Balaban J connectivity index is 0. The van der Waals surface area contributed by atoms with Crippen molar-refractivity contribution >= 4 is 23.9 Å². The number of guanidine groups is 2. The third-order valence-corrected chi connectivity index (χ3v) is 1.42. The second kappa shape index (κ2) is 9.87. The molecule has 0 spiro atoms. The standard InChI is InChI=1S/C5H8O4.C4H11N5/c6-4(7)2-1-3-5(8)9;1-9(2)4(7)8-3(5)6/h1-3H2,(H,6,7)(H,8,9);1-2H3,(H5,5,6,7,8)/p-2. The number of carboxylic acids is 2. The van der Waals surface area contributed by atoms with E-state index in [1.54, 1.807) is 14.1 Å². The van der Waals surface area contributed by atoms with E-state index >= 15 is 0 Å². The van der Waals surface area contributed by atoms with Crippen LogP contribution in [0.5, 0.6) is 0 Å². The van der Waals surface area contributed by atoms with Crippen molar-refractivity contribution in [2.45, 2.75) is 19.3 Å². The molecule has 0 amide bonds. The Morgan fingerprint density at radius 2 is 1.56 bits per heavy atom. The van der Waals surface area contributed by atoms with Gasteiger partial charge < -0.3 is 36.2 Å². The van der Waals surface area contributed by atoms with Crippen LogP contribution in [0.1, 0.15) is 19.3 Å². The number of carbonyl (C=O) groups excluding carboxylic acids is 2. The summed E-state index contributed by atoms with van der Waals surface area (Å²) in [7, 11) is 3.38. The van der Waals surface area contributed by atoms with Gasteiger partial charge >= 0.3 is 0 Å². The Hall–Kier alpha value is -2.32. The number of carbonyl (C=O) groups is 2. The normalized spacial score (nSPS) is 8.56. The van der Waals surface area contributed by atoms with Crippen LogP contribution in [0.25, 0.3) is 0 Å². The van der Waals surface area contributed by atoms with Crippen molar-refractivity contribution in [2.24, 2.45) is 16.5 Å². The quantitative estimate of drug-likeness (QED) is 0.345. The van der Waals surface area contributed by atoms with E-state index < -0.39 is 11.9 Å². The average molecular weight is 259 g/mol. The molecule has 0 radical (unpaired) electrons. The van der Waals surface area contributed by atoms with Crippen molar-refractivity contribution in [3.05, 3.63) is 0 Å². The van der Waals surface area contributed by atoms with Crippen LogP contribution in [0.4, 0.5) is 0 Å². The third kappa shape index (κ3) is 16.1. The lowest BCUT2D eigenvalue weighted by molar-refractivity contribution is -0.307. The summed E-state index contributed by atoms with van der Waals surface area (Å²) in [5.74, 6) is -2.49. The molecule has 0 saturated carbocycles. The van der Waals surface area contributed by atoms with Gasteiger partial charge in [-0.2, -0.15) is 4.99 Å². The molecule has 0 rings (SSSR count). The minimum absolute atomic E-state index is 0.0509. The number of nitrogens with one attached hydrogen (secondary N) is 1. The van der Waals surface area contributed by atoms with Crippen molar-refractivity contribution in [3.63, 3.8) is 0 Å². The molecule has 0 fully saturated rings. The predicted octanol–water partition coefficient (Wildman–Crippen LogP) is -3.59. The zero-order valence-electron chi connectivity index (χ0n) is 10.3. The Labute approximate surface area is 105 Å². The van der Waals surface area contributed by atoms with Gasteiger partial charge in [-0.15, -0.1) is 0 Å². The number of nitrogens with two attached hydrogens (primary N) is 2. The molecule has 0 aromatic rings. The molecule has 18 heavy (non-hydrogen) atoms. The van der Waals surface area contributed by atoms with Gasteiger partial charge in [0.15, 0.2) is 5.96 Å². The molecule has 0 aliphatic heterocycles. The smallest absolute Gasteiger partial charge is 0.220 e. The third-order valence-electron chi connectivity index (χ3n) is 1.42. The lowest BCUT2D eigenvalue weighted by Gasteiger charge is -2.07. The molecule has 0 heterocycles. The number of carboxylic acid groups (broad SMARTS) is 2. The monoisotopic (exact) mass is 259 g/mol. The van der Waals surface area contributed by atoms with Crippen LogP contribution in [-0.4, -0.2) is 42.9 Å². The zero-order chi connectivity index (χ0) is 14.7. The fraction of sp³-hybridized carbons (Fsp3) is 0.556. The first-order valence-corrected chi connectivity index (χ1v) is 4.92. The highest BCUT2D eigenvalue weighted by molar-refractivity contribution is 5.91. The van der Waals surface area contributed by atoms with Crippen LogP contribution >= 0.6 is 0 Å². The highest BCUT2D eigenvalue weighted by atomic mass is 16.4. The highest BCUT2D eigenvalue weighted by Crippen LogP contribution is 1.90. The number of nitrogens with zero attached hydrogens (tertiary/aromatic N) is 2. The van der Waals surface area contributed by atoms with Gasteiger partial charge in [0.2, 0.25) is 5.96 Å². The van der Waals surface area contributed by atoms with Crippen molar-refractivity contribution in [1.29, 1.82) is 5.41 Å². The van der Waals surface area contributed by atoms with Gasteiger partial charge in [0, 0.05) is 26.0 Å². The topological polar surface area (TPSA) is 172 Å². The van der Waals surface area contributed by atoms with E-state index in [1.165, 1.54) is 4.90 Å². The highest BCUT2D eigenvalue weighted by Gasteiger charge is 1.93. The summed E-state index contributed by atoms with van der Waals surface area (Å²) in [6.07, 6.45) is -0.341. The van der Waals surface area contributed by atoms with Gasteiger partial charge in [-0.1, -0.05) is 0 Å². The van der Waals surface area contributed by atoms with E-state index in [9.17, 15) is 19.8 Å². The van der Waals surface area contributed by atoms with E-state index in [2.05, 4.69) is 4.99 Å². The maximum absolute atomic E-state index is 9.66. The number of aliphatic imine (C=N–C) groups is 1. The molecule has 0 unspecified atom stereocenters. The first-order chi connectivity index (χ1) is 8.16. The van der Waals surface area contributed by atoms with Crippen molar-refractivity contribution in [2.75, 3.05) is 14.1 Å². The minimum Gasteiger partial charge on any atom is -0.550 e.